The normalized spacial score (nSPS) is 14.0. The van der Waals surface area contributed by atoms with Gasteiger partial charge in [-0.05, 0) is 12.8 Å². The van der Waals surface area contributed by atoms with Crippen LogP contribution in [0, 0.1) is 0 Å². The van der Waals surface area contributed by atoms with E-state index in [4.69, 9.17) is 0 Å². The molecule has 0 heterocycles. The molecule has 0 aliphatic heterocycles. The average molecular weight is 82.1 g/mol. The number of allylic oxidation sites excluding steroid dienone is 2. The van der Waals surface area contributed by atoms with Crippen molar-refractivity contribution in [1.82, 2.24) is 0 Å². The molecule has 0 heteroatoms. The van der Waals surface area contributed by atoms with Crippen molar-refractivity contribution in [3.05, 3.63) is 25.3 Å². The number of rotatable bonds is 0. The molecule has 1 aliphatic rings. The van der Waals surface area contributed by atoms with Crippen LogP contribution in [-0.4, -0.2) is 0 Å². The van der Waals surface area contributed by atoms with Gasteiger partial charge in [-0.3, -0.25) is 0 Å². The third-order valence-electron chi connectivity index (χ3n) is 0.667. The van der Waals surface area contributed by atoms with Gasteiger partial charge in [-0.2, -0.15) is 0 Å². The Morgan fingerprint density at radius 1 is 1.00 bits per heavy atom. The Hall–Kier alpha value is -0.520. The summed E-state index contributed by atoms with van der Waals surface area (Å²) in [6, 6.07) is 0. The summed E-state index contributed by atoms with van der Waals surface area (Å²) in [4.78, 5) is 0. The van der Waals surface area contributed by atoms with Crippen molar-refractivity contribution in [3.63, 3.8) is 0 Å². The van der Waals surface area contributed by atoms with Gasteiger partial charge in [0.15, 0.2) is 0 Å². The molecule has 0 amide bonds. The van der Waals surface area contributed by atoms with Crippen molar-refractivity contribution in [1.29, 1.82) is 0 Å². The maximum atomic E-state index is 3.00. The van der Waals surface area contributed by atoms with E-state index in [1.165, 1.54) is 12.8 Å². The summed E-state index contributed by atoms with van der Waals surface area (Å²) in [7, 11) is 0. The topological polar surface area (TPSA) is 0 Å². The van der Waals surface area contributed by atoms with E-state index in [1.807, 2.05) is 0 Å². The maximum absolute atomic E-state index is 3.00. The van der Waals surface area contributed by atoms with E-state index < -0.39 is 0 Å². The molecule has 0 aromatic carbocycles. The molecular weight excluding hydrogens is 72.1 g/mol. The smallest absolute Gasteiger partial charge is 0.0316 e. The minimum absolute atomic E-state index is 1.32. The lowest BCUT2D eigenvalue weighted by atomic mass is 10.1. The van der Waals surface area contributed by atoms with Crippen LogP contribution >= 0.6 is 0 Å². The van der Waals surface area contributed by atoms with E-state index in [0.29, 0.717) is 0 Å². The molecule has 0 N–H and O–H groups in total. The van der Waals surface area contributed by atoms with Crippen LogP contribution in [0.1, 0.15) is 12.8 Å². The van der Waals surface area contributed by atoms with E-state index in [1.54, 1.807) is 0 Å². The van der Waals surface area contributed by atoms with Gasteiger partial charge in [0, 0.05) is 0 Å². The Morgan fingerprint density at radius 2 is 1.17 bits per heavy atom. The van der Waals surface area contributed by atoms with Crippen molar-refractivity contribution in [2.24, 2.45) is 0 Å². The average Bonchev–Trinajstić information content (AvgIpc) is 1.36. The van der Waals surface area contributed by atoms with Crippen LogP contribution < -0.4 is 0 Å². The molecular formula is C6H10. The van der Waals surface area contributed by atoms with Gasteiger partial charge in [0.05, 0.1) is 0 Å². The van der Waals surface area contributed by atoms with Gasteiger partial charge < -0.3 is 0 Å². The first-order valence-corrected chi connectivity index (χ1v) is 2.15. The molecule has 1 rings (SSSR count). The summed E-state index contributed by atoms with van der Waals surface area (Å²) in [5, 5.41) is 0. The molecule has 0 atom stereocenters. The lowest BCUT2D eigenvalue weighted by Gasteiger charge is -1.92. The van der Waals surface area contributed by atoms with Crippen LogP contribution in [0.15, 0.2) is 25.3 Å². The summed E-state index contributed by atoms with van der Waals surface area (Å²) in [5.74, 6) is 0. The minimum Gasteiger partial charge on any atom is -0.106 e. The van der Waals surface area contributed by atoms with Gasteiger partial charge in [0.1, 0.15) is 0 Å². The van der Waals surface area contributed by atoms with Crippen LogP contribution in [0.25, 0.3) is 0 Å². The minimum atomic E-state index is 1.32. The quantitative estimate of drug-likeness (QED) is 0.393. The summed E-state index contributed by atoms with van der Waals surface area (Å²) < 4.78 is 0. The second-order valence-corrected chi connectivity index (χ2v) is 1.05. The van der Waals surface area contributed by atoms with Crippen molar-refractivity contribution in [2.75, 3.05) is 0 Å². The highest BCUT2D eigenvalue weighted by molar-refractivity contribution is 4.92. The first-order chi connectivity index (χ1) is 3.00. The van der Waals surface area contributed by atoms with Gasteiger partial charge in [-0.1, -0.05) is 12.2 Å². The third-order valence-corrected chi connectivity index (χ3v) is 0.667. The molecule has 0 fully saturated rings. The zero-order valence-corrected chi connectivity index (χ0v) is 3.98. The zero-order chi connectivity index (χ0) is 4.83. The van der Waals surface area contributed by atoms with Crippen LogP contribution in [0.4, 0.5) is 0 Å². The fourth-order valence-corrected chi connectivity index (χ4v) is 0.167. The number of hydrogen-bond donors (Lipinski definition) is 0. The Bertz CT molecular complexity index is 38.0. The van der Waals surface area contributed by atoms with E-state index in [0.717, 1.165) is 0 Å². The van der Waals surface area contributed by atoms with Gasteiger partial charge in [0.2, 0.25) is 0 Å². The first kappa shape index (κ1) is 5.48. The molecule has 0 saturated carbocycles. The summed E-state index contributed by atoms with van der Waals surface area (Å²) in [6.45, 7) is 6.00. The van der Waals surface area contributed by atoms with Crippen molar-refractivity contribution in [2.45, 2.75) is 12.8 Å². The molecule has 0 spiro atoms. The standard InChI is InChI=1S/C4H6.C2H4/c1-2-4-3-1;1-2/h1-2H,3-4H2;1-2H2. The second kappa shape index (κ2) is 4.48. The second-order valence-electron chi connectivity index (χ2n) is 1.05. The molecule has 0 aromatic heterocycles. The predicted octanol–water partition coefficient (Wildman–Crippen LogP) is 2.14. The van der Waals surface area contributed by atoms with E-state index in [9.17, 15) is 0 Å². The molecule has 6 heavy (non-hydrogen) atoms. The molecule has 1 aliphatic carbocycles. The van der Waals surface area contributed by atoms with Gasteiger partial charge in [-0.15, -0.1) is 13.2 Å². The predicted molar refractivity (Wildman–Crippen MR) is 29.6 cm³/mol. The highest BCUT2D eigenvalue weighted by Crippen LogP contribution is 2.01. The highest BCUT2D eigenvalue weighted by Gasteiger charge is 1.81. The third kappa shape index (κ3) is 1.77. The Balaban J connectivity index is 0.000000112. The van der Waals surface area contributed by atoms with Crippen molar-refractivity contribution < 1.29 is 0 Å². The molecule has 34 valence electrons. The maximum Gasteiger partial charge on any atom is -0.0316 e. The van der Waals surface area contributed by atoms with Gasteiger partial charge in [0.25, 0.3) is 0 Å². The Labute approximate surface area is 39.2 Å². The monoisotopic (exact) mass is 82.1 g/mol. The first-order valence-electron chi connectivity index (χ1n) is 2.15. The van der Waals surface area contributed by atoms with Crippen LogP contribution in [0.3, 0.4) is 0 Å². The SMILES string of the molecule is C1=CCC1.C=C. The largest absolute Gasteiger partial charge is 0.106 e. The van der Waals surface area contributed by atoms with E-state index in [-0.39, 0.29) is 0 Å². The lowest BCUT2D eigenvalue weighted by Crippen LogP contribution is -1.71. The molecule has 0 bridgehead atoms. The molecule has 0 saturated heterocycles. The fraction of sp³-hybridized carbons (Fsp3) is 0.333. The van der Waals surface area contributed by atoms with Crippen LogP contribution in [0.2, 0.25) is 0 Å². The zero-order valence-electron chi connectivity index (χ0n) is 3.98. The summed E-state index contributed by atoms with van der Waals surface area (Å²) >= 11 is 0. The fourth-order valence-electron chi connectivity index (χ4n) is 0.167. The van der Waals surface area contributed by atoms with Crippen molar-refractivity contribution >= 4 is 0 Å². The summed E-state index contributed by atoms with van der Waals surface area (Å²) in [5.41, 5.74) is 0. The highest BCUT2D eigenvalue weighted by atomic mass is 13.9. The Kier molecular flexibility index (Phi) is 4.09. The van der Waals surface area contributed by atoms with E-state index in [2.05, 4.69) is 25.3 Å². The Morgan fingerprint density at radius 3 is 1.17 bits per heavy atom. The van der Waals surface area contributed by atoms with E-state index >= 15 is 0 Å². The van der Waals surface area contributed by atoms with Crippen LogP contribution in [0.5, 0.6) is 0 Å². The summed E-state index contributed by atoms with van der Waals surface area (Å²) in [6.07, 6.45) is 7.00. The van der Waals surface area contributed by atoms with Gasteiger partial charge >= 0.3 is 0 Å². The van der Waals surface area contributed by atoms with Crippen LogP contribution in [-0.2, 0) is 0 Å². The molecule has 0 aromatic rings. The number of hydrogen-bond acceptors (Lipinski definition) is 0. The molecule has 0 nitrogen and oxygen atoms in total. The molecule has 0 unspecified atom stereocenters. The van der Waals surface area contributed by atoms with Gasteiger partial charge in [-0.25, -0.2) is 0 Å². The lowest BCUT2D eigenvalue weighted by molar-refractivity contribution is 0.962. The molecule has 0 radical (unpaired) electrons. The van der Waals surface area contributed by atoms with Crippen molar-refractivity contribution in [3.8, 4) is 0 Å².